The zero-order valence-electron chi connectivity index (χ0n) is 10.2. The second-order valence-corrected chi connectivity index (χ2v) is 8.93. The number of carbonyl (C=O) groups excluding carboxylic acids is 1. The first-order valence-corrected chi connectivity index (χ1v) is 9.48. The van der Waals surface area contributed by atoms with E-state index >= 15 is 0 Å². The Morgan fingerprint density at radius 3 is 2.53 bits per heavy atom. The van der Waals surface area contributed by atoms with E-state index in [1.165, 1.54) is 18.9 Å². The van der Waals surface area contributed by atoms with Gasteiger partial charge in [-0.25, -0.2) is 8.42 Å². The first-order chi connectivity index (χ1) is 8.95. The Kier molecular flexibility index (Phi) is 3.35. The molecule has 0 spiro atoms. The zero-order valence-corrected chi connectivity index (χ0v) is 12.6. The summed E-state index contributed by atoms with van der Waals surface area (Å²) in [6.45, 7) is 0.808. The summed E-state index contributed by atoms with van der Waals surface area (Å²) in [5.74, 6) is 0.580. The highest BCUT2D eigenvalue weighted by molar-refractivity contribution is 8.15. The molecule has 0 aliphatic heterocycles. The first-order valence-electron chi connectivity index (χ1n) is 6.29. The molecule has 3 rings (SSSR count). The van der Waals surface area contributed by atoms with E-state index in [1.807, 2.05) is 4.90 Å². The van der Waals surface area contributed by atoms with Gasteiger partial charge < -0.3 is 4.90 Å². The highest BCUT2D eigenvalue weighted by Crippen LogP contribution is 2.36. The van der Waals surface area contributed by atoms with Gasteiger partial charge in [0.25, 0.3) is 15.0 Å². The number of hydrogen-bond donors (Lipinski definition) is 0. The molecule has 0 aromatic carbocycles. The van der Waals surface area contributed by atoms with Crippen molar-refractivity contribution in [1.82, 2.24) is 4.90 Å². The van der Waals surface area contributed by atoms with Crippen LogP contribution in [0.2, 0.25) is 0 Å². The second kappa shape index (κ2) is 4.75. The minimum absolute atomic E-state index is 0.0414. The number of nitrogens with zero attached hydrogens (tertiary/aromatic N) is 1. The molecule has 4 nitrogen and oxygen atoms in total. The predicted octanol–water partition coefficient (Wildman–Crippen LogP) is 2.69. The van der Waals surface area contributed by atoms with Crippen molar-refractivity contribution >= 4 is 37.0 Å². The molecule has 0 atom stereocenters. The van der Waals surface area contributed by atoms with Gasteiger partial charge in [0.05, 0.1) is 5.56 Å². The van der Waals surface area contributed by atoms with Crippen molar-refractivity contribution in [2.45, 2.75) is 35.9 Å². The fourth-order valence-corrected chi connectivity index (χ4v) is 4.02. The molecule has 1 heterocycles. The Morgan fingerprint density at radius 1 is 1.37 bits per heavy atom. The lowest BCUT2D eigenvalue weighted by Crippen LogP contribution is -2.34. The summed E-state index contributed by atoms with van der Waals surface area (Å²) in [6, 6.07) is 1.74. The fraction of sp³-hybridized carbons (Fsp3) is 0.583. The third-order valence-corrected chi connectivity index (χ3v) is 6.50. The highest BCUT2D eigenvalue weighted by atomic mass is 35.7. The van der Waals surface area contributed by atoms with E-state index in [1.54, 1.807) is 5.38 Å². The van der Waals surface area contributed by atoms with E-state index in [4.69, 9.17) is 10.7 Å². The van der Waals surface area contributed by atoms with Crippen LogP contribution < -0.4 is 0 Å². The van der Waals surface area contributed by atoms with Gasteiger partial charge in [-0.2, -0.15) is 0 Å². The van der Waals surface area contributed by atoms with Gasteiger partial charge in [-0.15, -0.1) is 11.3 Å². The molecule has 2 aliphatic rings. The molecular weight excluding hydrogens is 306 g/mol. The van der Waals surface area contributed by atoms with Gasteiger partial charge in [-0.3, -0.25) is 4.79 Å². The number of amides is 1. The molecule has 0 unspecified atom stereocenters. The minimum atomic E-state index is -3.74. The minimum Gasteiger partial charge on any atom is -0.335 e. The monoisotopic (exact) mass is 319 g/mol. The quantitative estimate of drug-likeness (QED) is 0.784. The van der Waals surface area contributed by atoms with Crippen LogP contribution in [0.1, 0.15) is 36.0 Å². The number of rotatable bonds is 5. The van der Waals surface area contributed by atoms with Crippen molar-refractivity contribution in [1.29, 1.82) is 0 Å². The van der Waals surface area contributed by atoms with E-state index in [0.29, 0.717) is 17.5 Å². The standard InChI is InChI=1S/C12H14ClNO3S2/c13-19(16,17)11-5-9(7-18-11)12(15)14(10-3-4-10)6-8-1-2-8/h5,7-8,10H,1-4,6H2. The summed E-state index contributed by atoms with van der Waals surface area (Å²) >= 11 is 1.00. The second-order valence-electron chi connectivity index (χ2n) is 5.22. The lowest BCUT2D eigenvalue weighted by molar-refractivity contribution is 0.0735. The van der Waals surface area contributed by atoms with Crippen LogP contribution in [-0.2, 0) is 9.05 Å². The fourth-order valence-electron chi connectivity index (χ4n) is 2.09. The summed E-state index contributed by atoms with van der Waals surface area (Å²) < 4.78 is 22.5. The SMILES string of the molecule is O=C(c1csc(S(=O)(=O)Cl)c1)N(CC1CC1)C1CC1. The Morgan fingerprint density at radius 2 is 2.05 bits per heavy atom. The average Bonchev–Trinajstić information content (AvgIpc) is 3.23. The zero-order chi connectivity index (χ0) is 13.6. The van der Waals surface area contributed by atoms with Crippen LogP contribution in [0, 0.1) is 5.92 Å². The number of hydrogen-bond acceptors (Lipinski definition) is 4. The van der Waals surface area contributed by atoms with Crippen molar-refractivity contribution in [2.75, 3.05) is 6.54 Å². The molecule has 19 heavy (non-hydrogen) atoms. The molecule has 0 radical (unpaired) electrons. The van der Waals surface area contributed by atoms with Crippen LogP contribution in [0.25, 0.3) is 0 Å². The van der Waals surface area contributed by atoms with E-state index in [2.05, 4.69) is 0 Å². The van der Waals surface area contributed by atoms with E-state index in [9.17, 15) is 13.2 Å². The van der Waals surface area contributed by atoms with Crippen molar-refractivity contribution in [3.8, 4) is 0 Å². The number of carbonyl (C=O) groups is 1. The summed E-state index contributed by atoms with van der Waals surface area (Å²) in [5, 5.41) is 1.58. The number of halogens is 1. The molecule has 2 saturated carbocycles. The van der Waals surface area contributed by atoms with Crippen LogP contribution >= 0.6 is 22.0 Å². The smallest absolute Gasteiger partial charge is 0.270 e. The predicted molar refractivity (Wildman–Crippen MR) is 74.1 cm³/mol. The Hall–Kier alpha value is -0.590. The van der Waals surface area contributed by atoms with E-state index in [-0.39, 0.29) is 10.1 Å². The Balaban J connectivity index is 1.79. The van der Waals surface area contributed by atoms with Crippen LogP contribution in [-0.4, -0.2) is 31.8 Å². The molecule has 0 bridgehead atoms. The molecule has 2 fully saturated rings. The van der Waals surface area contributed by atoms with Crippen LogP contribution in [0.3, 0.4) is 0 Å². The van der Waals surface area contributed by atoms with Crippen molar-refractivity contribution in [3.63, 3.8) is 0 Å². The average molecular weight is 320 g/mol. The van der Waals surface area contributed by atoms with Crippen molar-refractivity contribution in [3.05, 3.63) is 17.0 Å². The van der Waals surface area contributed by atoms with Crippen LogP contribution in [0.15, 0.2) is 15.7 Å². The van der Waals surface area contributed by atoms with Gasteiger partial charge in [0.2, 0.25) is 0 Å². The Bertz CT molecular complexity index is 602. The van der Waals surface area contributed by atoms with Gasteiger partial charge in [0, 0.05) is 28.6 Å². The largest absolute Gasteiger partial charge is 0.335 e. The van der Waals surface area contributed by atoms with Gasteiger partial charge in [-0.05, 0) is 37.7 Å². The summed E-state index contributed by atoms with van der Waals surface area (Å²) in [5.41, 5.74) is 0.441. The number of thiophene rings is 1. The van der Waals surface area contributed by atoms with Crippen molar-refractivity contribution in [2.24, 2.45) is 5.92 Å². The molecule has 0 N–H and O–H groups in total. The summed E-state index contributed by atoms with van der Waals surface area (Å²) in [6.07, 6.45) is 4.51. The molecular formula is C12H14ClNO3S2. The summed E-state index contributed by atoms with van der Waals surface area (Å²) in [7, 11) is 1.55. The van der Waals surface area contributed by atoms with E-state index < -0.39 is 9.05 Å². The first kappa shape index (κ1) is 13.4. The lowest BCUT2D eigenvalue weighted by atomic mass is 10.2. The molecule has 1 aromatic heterocycles. The molecule has 2 aliphatic carbocycles. The molecule has 1 amide bonds. The van der Waals surface area contributed by atoms with Gasteiger partial charge in [0.1, 0.15) is 4.21 Å². The van der Waals surface area contributed by atoms with Gasteiger partial charge in [-0.1, -0.05) is 0 Å². The van der Waals surface area contributed by atoms with Crippen LogP contribution in [0.5, 0.6) is 0 Å². The highest BCUT2D eigenvalue weighted by Gasteiger charge is 2.37. The molecule has 0 saturated heterocycles. The maximum atomic E-state index is 12.4. The third kappa shape index (κ3) is 3.12. The van der Waals surface area contributed by atoms with Crippen LogP contribution in [0.4, 0.5) is 0 Å². The van der Waals surface area contributed by atoms with Gasteiger partial charge >= 0.3 is 0 Å². The summed E-state index contributed by atoms with van der Waals surface area (Å²) in [4.78, 5) is 14.3. The Labute approximate surface area is 120 Å². The molecule has 104 valence electrons. The van der Waals surface area contributed by atoms with E-state index in [0.717, 1.165) is 30.7 Å². The maximum Gasteiger partial charge on any atom is 0.270 e. The lowest BCUT2D eigenvalue weighted by Gasteiger charge is -2.21. The van der Waals surface area contributed by atoms with Gasteiger partial charge in [0.15, 0.2) is 0 Å². The van der Waals surface area contributed by atoms with Crippen molar-refractivity contribution < 1.29 is 13.2 Å². The third-order valence-electron chi connectivity index (χ3n) is 3.46. The normalized spacial score (nSPS) is 19.4. The maximum absolute atomic E-state index is 12.4. The topological polar surface area (TPSA) is 54.5 Å². The molecule has 7 heteroatoms. The molecule has 1 aromatic rings.